The highest BCUT2D eigenvalue weighted by Gasteiger charge is 2.38. The van der Waals surface area contributed by atoms with Crippen LogP contribution in [-0.2, 0) is 0 Å². The Hall–Kier alpha value is -1.58. The lowest BCUT2D eigenvalue weighted by Gasteiger charge is -2.39. The molecule has 1 N–H and O–H groups in total. The van der Waals surface area contributed by atoms with E-state index >= 15 is 0 Å². The molecule has 0 radical (unpaired) electrons. The Balaban J connectivity index is 1.66. The first-order chi connectivity index (χ1) is 9.19. The van der Waals surface area contributed by atoms with Crippen molar-refractivity contribution in [3.05, 3.63) is 24.0 Å². The molecular formula is C15H20N2O2. The number of rotatable bonds is 1. The van der Waals surface area contributed by atoms with Gasteiger partial charge in [0.15, 0.2) is 0 Å². The molecule has 4 heteroatoms. The number of hydrogen-bond acceptors (Lipinski definition) is 3. The second kappa shape index (κ2) is 4.83. The van der Waals surface area contributed by atoms with Crippen LogP contribution in [0.5, 0.6) is 5.75 Å². The molecule has 0 unspecified atom stereocenters. The molecule has 0 atom stereocenters. The summed E-state index contributed by atoms with van der Waals surface area (Å²) in [6, 6.07) is 1.50. The minimum atomic E-state index is -0.00348. The maximum Gasteiger partial charge on any atom is 0.255 e. The Kier molecular flexibility index (Phi) is 3.17. The summed E-state index contributed by atoms with van der Waals surface area (Å²) in [5, 5.41) is 9.39. The monoisotopic (exact) mass is 260 g/mol. The molecule has 4 nitrogen and oxygen atoms in total. The van der Waals surface area contributed by atoms with Gasteiger partial charge in [0, 0.05) is 19.3 Å². The first-order valence-corrected chi connectivity index (χ1v) is 7.12. The summed E-state index contributed by atoms with van der Waals surface area (Å²) >= 11 is 0. The molecule has 0 aromatic carbocycles. The number of nitrogens with zero attached hydrogens (tertiary/aromatic N) is 2. The predicted octanol–water partition coefficient (Wildman–Crippen LogP) is 2.58. The molecule has 2 aliphatic rings. The first kappa shape index (κ1) is 12.5. The summed E-state index contributed by atoms with van der Waals surface area (Å²) in [5.74, 6) is 0.0476. The van der Waals surface area contributed by atoms with Crippen molar-refractivity contribution in [1.29, 1.82) is 0 Å². The van der Waals surface area contributed by atoms with Gasteiger partial charge in [-0.25, -0.2) is 0 Å². The quantitative estimate of drug-likeness (QED) is 0.844. The van der Waals surface area contributed by atoms with E-state index in [-0.39, 0.29) is 11.7 Å². The van der Waals surface area contributed by atoms with Crippen molar-refractivity contribution in [2.75, 3.05) is 13.1 Å². The second-order valence-corrected chi connectivity index (χ2v) is 5.93. The summed E-state index contributed by atoms with van der Waals surface area (Å²) in [6.45, 7) is 1.68. The number of carbonyl (C=O) groups is 1. The lowest BCUT2D eigenvalue weighted by molar-refractivity contribution is 0.0586. The van der Waals surface area contributed by atoms with Crippen LogP contribution in [0.1, 0.15) is 48.9 Å². The van der Waals surface area contributed by atoms with E-state index in [4.69, 9.17) is 0 Å². The molecule has 1 saturated carbocycles. The fraction of sp³-hybridized carbons (Fsp3) is 0.600. The molecule has 0 bridgehead atoms. The maximum atomic E-state index is 12.3. The van der Waals surface area contributed by atoms with Gasteiger partial charge < -0.3 is 10.0 Å². The number of hydrogen-bond donors (Lipinski definition) is 1. The van der Waals surface area contributed by atoms with Gasteiger partial charge >= 0.3 is 0 Å². The van der Waals surface area contributed by atoms with Crippen molar-refractivity contribution in [2.45, 2.75) is 38.5 Å². The first-order valence-electron chi connectivity index (χ1n) is 7.12. The SMILES string of the molecule is O=C(c1cncc(O)c1)N1CCC2(CCCC2)CC1. The Bertz CT molecular complexity index is 471. The van der Waals surface area contributed by atoms with Crippen LogP contribution in [-0.4, -0.2) is 34.0 Å². The molecule has 102 valence electrons. The molecule has 1 spiro atoms. The molecule has 19 heavy (non-hydrogen) atoms. The lowest BCUT2D eigenvalue weighted by atomic mass is 9.77. The van der Waals surface area contributed by atoms with E-state index in [0.29, 0.717) is 11.0 Å². The van der Waals surface area contributed by atoms with Gasteiger partial charge in [-0.05, 0) is 37.2 Å². The average Bonchev–Trinajstić information content (AvgIpc) is 2.87. The van der Waals surface area contributed by atoms with E-state index in [1.807, 2.05) is 4.90 Å². The topological polar surface area (TPSA) is 53.4 Å². The van der Waals surface area contributed by atoms with Crippen LogP contribution in [0.4, 0.5) is 0 Å². The normalized spacial score (nSPS) is 21.8. The molecule has 1 saturated heterocycles. The van der Waals surface area contributed by atoms with Crippen molar-refractivity contribution < 1.29 is 9.90 Å². The van der Waals surface area contributed by atoms with Gasteiger partial charge in [0.2, 0.25) is 0 Å². The Morgan fingerprint density at radius 3 is 2.47 bits per heavy atom. The van der Waals surface area contributed by atoms with Crippen molar-refractivity contribution in [1.82, 2.24) is 9.88 Å². The zero-order chi connectivity index (χ0) is 13.3. The Labute approximate surface area is 113 Å². The smallest absolute Gasteiger partial charge is 0.255 e. The van der Waals surface area contributed by atoms with Gasteiger partial charge in [-0.3, -0.25) is 9.78 Å². The van der Waals surface area contributed by atoms with Gasteiger partial charge in [-0.2, -0.15) is 0 Å². The predicted molar refractivity (Wildman–Crippen MR) is 71.9 cm³/mol. The number of aromatic hydroxyl groups is 1. The van der Waals surface area contributed by atoms with Crippen LogP contribution >= 0.6 is 0 Å². The largest absolute Gasteiger partial charge is 0.506 e. The average molecular weight is 260 g/mol. The van der Waals surface area contributed by atoms with Crippen LogP contribution in [0, 0.1) is 5.41 Å². The van der Waals surface area contributed by atoms with Crippen LogP contribution < -0.4 is 0 Å². The fourth-order valence-corrected chi connectivity index (χ4v) is 3.54. The van der Waals surface area contributed by atoms with Crippen molar-refractivity contribution >= 4 is 5.91 Å². The third-order valence-corrected chi connectivity index (χ3v) is 4.75. The van der Waals surface area contributed by atoms with Crippen molar-refractivity contribution in [3.8, 4) is 5.75 Å². The number of carbonyl (C=O) groups excluding carboxylic acids is 1. The summed E-state index contributed by atoms with van der Waals surface area (Å²) in [5.41, 5.74) is 1.01. The zero-order valence-corrected chi connectivity index (χ0v) is 11.1. The molecule has 3 rings (SSSR count). The summed E-state index contributed by atoms with van der Waals surface area (Å²) < 4.78 is 0. The summed E-state index contributed by atoms with van der Waals surface area (Å²) in [7, 11) is 0. The minimum absolute atomic E-state index is 0.00348. The molecule has 1 amide bonds. The van der Waals surface area contributed by atoms with Gasteiger partial charge in [-0.1, -0.05) is 12.8 Å². The molecule has 1 aromatic heterocycles. The van der Waals surface area contributed by atoms with Gasteiger partial charge in [0.1, 0.15) is 5.75 Å². The fourth-order valence-electron chi connectivity index (χ4n) is 3.54. The highest BCUT2D eigenvalue weighted by molar-refractivity contribution is 5.94. The molecule has 2 heterocycles. The summed E-state index contributed by atoms with van der Waals surface area (Å²) in [6.07, 6.45) is 10.5. The number of piperidine rings is 1. The zero-order valence-electron chi connectivity index (χ0n) is 11.1. The Morgan fingerprint density at radius 1 is 1.16 bits per heavy atom. The van der Waals surface area contributed by atoms with E-state index < -0.39 is 0 Å². The highest BCUT2D eigenvalue weighted by atomic mass is 16.3. The van der Waals surface area contributed by atoms with Gasteiger partial charge in [0.05, 0.1) is 11.8 Å². The van der Waals surface area contributed by atoms with Crippen LogP contribution in [0.3, 0.4) is 0 Å². The van der Waals surface area contributed by atoms with E-state index in [1.54, 1.807) is 0 Å². The standard InChI is InChI=1S/C15H20N2O2/c18-13-9-12(10-16-11-13)14(19)17-7-5-15(6-8-17)3-1-2-4-15/h9-11,18H,1-8H2. The molecule has 2 fully saturated rings. The number of likely N-dealkylation sites (tertiary alicyclic amines) is 1. The van der Waals surface area contributed by atoms with E-state index in [0.717, 1.165) is 25.9 Å². The highest BCUT2D eigenvalue weighted by Crippen LogP contribution is 2.46. The number of pyridine rings is 1. The maximum absolute atomic E-state index is 12.3. The van der Waals surface area contributed by atoms with E-state index in [2.05, 4.69) is 4.98 Å². The minimum Gasteiger partial charge on any atom is -0.506 e. The lowest BCUT2D eigenvalue weighted by Crippen LogP contribution is -2.42. The van der Waals surface area contributed by atoms with E-state index in [1.165, 1.54) is 44.1 Å². The molecular weight excluding hydrogens is 240 g/mol. The van der Waals surface area contributed by atoms with Crippen LogP contribution in [0.15, 0.2) is 18.5 Å². The number of amides is 1. The van der Waals surface area contributed by atoms with Crippen LogP contribution in [0.25, 0.3) is 0 Å². The second-order valence-electron chi connectivity index (χ2n) is 5.93. The van der Waals surface area contributed by atoms with E-state index in [9.17, 15) is 9.90 Å². The summed E-state index contributed by atoms with van der Waals surface area (Å²) in [4.78, 5) is 18.1. The Morgan fingerprint density at radius 2 is 1.84 bits per heavy atom. The molecule has 1 aliphatic heterocycles. The van der Waals surface area contributed by atoms with Crippen molar-refractivity contribution in [3.63, 3.8) is 0 Å². The van der Waals surface area contributed by atoms with Crippen molar-refractivity contribution in [2.24, 2.45) is 5.41 Å². The molecule has 1 aromatic rings. The third-order valence-electron chi connectivity index (χ3n) is 4.75. The van der Waals surface area contributed by atoms with Crippen LogP contribution in [0.2, 0.25) is 0 Å². The van der Waals surface area contributed by atoms with Gasteiger partial charge in [0.25, 0.3) is 5.91 Å². The molecule has 1 aliphatic carbocycles. The third kappa shape index (κ3) is 2.44. The van der Waals surface area contributed by atoms with Gasteiger partial charge in [-0.15, -0.1) is 0 Å². The number of aromatic nitrogens is 1.